The van der Waals surface area contributed by atoms with Crippen LogP contribution in [0.3, 0.4) is 0 Å². The molecule has 0 spiro atoms. The highest BCUT2D eigenvalue weighted by Crippen LogP contribution is 2.56. The van der Waals surface area contributed by atoms with Crippen molar-refractivity contribution in [3.63, 3.8) is 0 Å². The molecule has 1 heterocycles. The fraction of sp³-hybridized carbons (Fsp3) is 0.143. The third-order valence-electron chi connectivity index (χ3n) is 10.2. The molecule has 2 heteroatoms. The second-order valence-electron chi connectivity index (χ2n) is 13.4. The van der Waals surface area contributed by atoms with E-state index in [0.29, 0.717) is 0 Å². The lowest BCUT2D eigenvalue weighted by Gasteiger charge is -2.33. The summed E-state index contributed by atoms with van der Waals surface area (Å²) in [7, 11) is 0. The molecule has 0 N–H and O–H groups in total. The lowest BCUT2D eigenvalue weighted by atomic mass is 9.81. The van der Waals surface area contributed by atoms with E-state index in [-0.39, 0.29) is 10.8 Å². The number of benzene rings is 6. The Bertz CT molecular complexity index is 2300. The van der Waals surface area contributed by atoms with Gasteiger partial charge in [-0.3, -0.25) is 0 Å². The van der Waals surface area contributed by atoms with E-state index in [1.165, 1.54) is 81.7 Å². The van der Waals surface area contributed by atoms with Gasteiger partial charge in [0.25, 0.3) is 0 Å². The van der Waals surface area contributed by atoms with Gasteiger partial charge in [0, 0.05) is 36.7 Å². The summed E-state index contributed by atoms with van der Waals surface area (Å²) in [6.45, 7) is 9.53. The first-order valence-corrected chi connectivity index (χ1v) is 16.4. The van der Waals surface area contributed by atoms with Crippen LogP contribution in [-0.2, 0) is 10.8 Å². The Kier molecular flexibility index (Phi) is 5.24. The molecule has 212 valence electrons. The zero-order chi connectivity index (χ0) is 29.8. The van der Waals surface area contributed by atoms with Crippen LogP contribution in [-0.4, -0.2) is 0 Å². The van der Waals surface area contributed by atoms with E-state index in [2.05, 4.69) is 160 Å². The number of hydrogen-bond acceptors (Lipinski definition) is 2. The predicted molar refractivity (Wildman–Crippen MR) is 189 cm³/mol. The third kappa shape index (κ3) is 3.35. The Balaban J connectivity index is 1.37. The Morgan fingerprint density at radius 3 is 1.89 bits per heavy atom. The van der Waals surface area contributed by atoms with E-state index < -0.39 is 0 Å². The molecule has 0 aliphatic heterocycles. The molecule has 6 aromatic carbocycles. The highest BCUT2D eigenvalue weighted by molar-refractivity contribution is 7.26. The molecule has 0 saturated heterocycles. The average Bonchev–Trinajstić information content (AvgIpc) is 3.62. The summed E-state index contributed by atoms with van der Waals surface area (Å²) in [5.41, 5.74) is 14.4. The van der Waals surface area contributed by atoms with E-state index >= 15 is 0 Å². The van der Waals surface area contributed by atoms with Gasteiger partial charge < -0.3 is 4.90 Å². The van der Waals surface area contributed by atoms with Crippen molar-refractivity contribution in [1.29, 1.82) is 0 Å². The minimum Gasteiger partial charge on any atom is -0.309 e. The fourth-order valence-electron chi connectivity index (χ4n) is 8.19. The summed E-state index contributed by atoms with van der Waals surface area (Å²) in [6.07, 6.45) is 0. The molecule has 44 heavy (non-hydrogen) atoms. The monoisotopic (exact) mass is 583 g/mol. The van der Waals surface area contributed by atoms with Crippen LogP contribution in [0, 0.1) is 0 Å². The molecular weight excluding hydrogens is 551 g/mol. The van der Waals surface area contributed by atoms with Crippen molar-refractivity contribution in [3.05, 3.63) is 150 Å². The molecule has 2 aliphatic carbocycles. The van der Waals surface area contributed by atoms with Crippen LogP contribution in [0.15, 0.2) is 127 Å². The van der Waals surface area contributed by atoms with E-state index in [1.807, 2.05) is 11.3 Å². The first-order chi connectivity index (χ1) is 21.4. The number of rotatable bonds is 3. The highest BCUT2D eigenvalue weighted by Gasteiger charge is 2.40. The van der Waals surface area contributed by atoms with Gasteiger partial charge in [0.05, 0.1) is 11.4 Å². The maximum absolute atomic E-state index is 2.56. The van der Waals surface area contributed by atoms with E-state index in [1.54, 1.807) is 0 Å². The molecule has 0 bridgehead atoms. The van der Waals surface area contributed by atoms with E-state index in [9.17, 15) is 0 Å². The zero-order valence-electron chi connectivity index (χ0n) is 25.5. The molecule has 1 aromatic heterocycles. The lowest BCUT2D eigenvalue weighted by Crippen LogP contribution is -2.21. The van der Waals surface area contributed by atoms with Gasteiger partial charge in [-0.2, -0.15) is 0 Å². The van der Waals surface area contributed by atoms with Crippen molar-refractivity contribution >= 4 is 48.6 Å². The van der Waals surface area contributed by atoms with Gasteiger partial charge in [-0.15, -0.1) is 11.3 Å². The summed E-state index contributed by atoms with van der Waals surface area (Å²) >= 11 is 1.88. The zero-order valence-corrected chi connectivity index (χ0v) is 26.3. The van der Waals surface area contributed by atoms with Crippen molar-refractivity contribution in [2.75, 3.05) is 4.90 Å². The normalized spacial score (nSPS) is 15.2. The number of hydrogen-bond donors (Lipinski definition) is 0. The van der Waals surface area contributed by atoms with Crippen molar-refractivity contribution < 1.29 is 0 Å². The van der Waals surface area contributed by atoms with Crippen molar-refractivity contribution in [2.45, 2.75) is 38.5 Å². The number of anilines is 3. The highest BCUT2D eigenvalue weighted by atomic mass is 32.1. The van der Waals surface area contributed by atoms with Crippen LogP contribution in [0.2, 0.25) is 0 Å². The minimum atomic E-state index is -0.141. The Morgan fingerprint density at radius 2 is 1.07 bits per heavy atom. The number of fused-ring (bicyclic) bond motifs is 9. The topological polar surface area (TPSA) is 3.24 Å². The van der Waals surface area contributed by atoms with Gasteiger partial charge in [0.1, 0.15) is 0 Å². The molecule has 2 aliphatic rings. The Labute approximate surface area is 263 Å². The molecule has 0 unspecified atom stereocenters. The number of thiophene rings is 1. The van der Waals surface area contributed by atoms with Gasteiger partial charge in [0.2, 0.25) is 0 Å². The van der Waals surface area contributed by atoms with Crippen LogP contribution in [0.25, 0.3) is 42.4 Å². The van der Waals surface area contributed by atoms with Crippen LogP contribution in [0.4, 0.5) is 17.1 Å². The first kappa shape index (κ1) is 25.8. The van der Waals surface area contributed by atoms with Crippen molar-refractivity contribution in [1.82, 2.24) is 0 Å². The Hall–Kier alpha value is -4.66. The molecule has 0 fully saturated rings. The molecule has 9 rings (SSSR count). The third-order valence-corrected chi connectivity index (χ3v) is 11.4. The molecular formula is C42H33NS. The van der Waals surface area contributed by atoms with Crippen molar-refractivity contribution in [2.24, 2.45) is 0 Å². The van der Waals surface area contributed by atoms with Gasteiger partial charge >= 0.3 is 0 Å². The maximum Gasteiger partial charge on any atom is 0.0554 e. The second-order valence-corrected chi connectivity index (χ2v) is 14.4. The minimum absolute atomic E-state index is 0.0805. The van der Waals surface area contributed by atoms with Crippen LogP contribution in [0.1, 0.15) is 49.9 Å². The number of nitrogens with zero attached hydrogens (tertiary/aromatic N) is 1. The summed E-state index contributed by atoms with van der Waals surface area (Å²) in [5, 5.41) is 2.64. The quantitative estimate of drug-likeness (QED) is 0.200. The van der Waals surface area contributed by atoms with Crippen LogP contribution < -0.4 is 4.90 Å². The SMILES string of the molecule is CC1(C)c2ccccc2-c2ccc(N(c3cccc4c3C(C)(C)c3ccccc3-4)c3cccc4sc5ccccc5c34)cc21. The van der Waals surface area contributed by atoms with E-state index in [4.69, 9.17) is 0 Å². The lowest BCUT2D eigenvalue weighted by molar-refractivity contribution is 0.658. The second kappa shape index (κ2) is 8.94. The van der Waals surface area contributed by atoms with Crippen LogP contribution in [0.5, 0.6) is 0 Å². The summed E-state index contributed by atoms with van der Waals surface area (Å²) in [4.78, 5) is 2.56. The summed E-state index contributed by atoms with van der Waals surface area (Å²) in [6, 6.07) is 47.7. The fourth-order valence-corrected chi connectivity index (χ4v) is 9.31. The predicted octanol–water partition coefficient (Wildman–Crippen LogP) is 12.1. The summed E-state index contributed by atoms with van der Waals surface area (Å²) in [5.74, 6) is 0. The molecule has 0 atom stereocenters. The summed E-state index contributed by atoms with van der Waals surface area (Å²) < 4.78 is 2.64. The molecule has 1 nitrogen and oxygen atoms in total. The van der Waals surface area contributed by atoms with Crippen LogP contribution >= 0.6 is 11.3 Å². The molecule has 0 saturated carbocycles. The molecule has 0 amide bonds. The molecule has 0 radical (unpaired) electrons. The van der Waals surface area contributed by atoms with Gasteiger partial charge in [-0.05, 0) is 80.9 Å². The average molecular weight is 584 g/mol. The van der Waals surface area contributed by atoms with Gasteiger partial charge in [-0.1, -0.05) is 119 Å². The maximum atomic E-state index is 2.56. The van der Waals surface area contributed by atoms with E-state index in [0.717, 1.165) is 0 Å². The van der Waals surface area contributed by atoms with Gasteiger partial charge in [-0.25, -0.2) is 0 Å². The standard InChI is InChI=1S/C42H33NS/c1-41(2)32-17-8-5-13-27(32)29-24-23-26(25-34(29)41)43(35-19-12-22-38-39(35)31-15-7-10-21-37(31)44-38)36-20-11-16-30-28-14-6-9-18-33(28)42(3,4)40(30)36/h5-25H,1-4H3. The smallest absolute Gasteiger partial charge is 0.0554 e. The molecule has 7 aromatic rings. The Morgan fingerprint density at radius 1 is 0.477 bits per heavy atom. The van der Waals surface area contributed by atoms with Crippen molar-refractivity contribution in [3.8, 4) is 22.3 Å². The first-order valence-electron chi connectivity index (χ1n) is 15.5. The largest absolute Gasteiger partial charge is 0.309 e. The van der Waals surface area contributed by atoms with Gasteiger partial charge in [0.15, 0.2) is 0 Å².